The van der Waals surface area contributed by atoms with Gasteiger partial charge in [-0.25, -0.2) is 4.99 Å². The minimum absolute atomic E-state index is 0. The van der Waals surface area contributed by atoms with Crippen LogP contribution in [-0.4, -0.2) is 17.1 Å². The van der Waals surface area contributed by atoms with E-state index in [0.717, 1.165) is 23.5 Å². The van der Waals surface area contributed by atoms with E-state index in [4.69, 9.17) is 0 Å². The van der Waals surface area contributed by atoms with Gasteiger partial charge in [0.2, 0.25) is 0 Å². The third kappa shape index (κ3) is 6.55. The number of aryl methyl sites for hydroxylation is 2. The molecule has 0 saturated carbocycles. The first-order valence-electron chi connectivity index (χ1n) is 7.46. The van der Waals surface area contributed by atoms with Gasteiger partial charge in [0.25, 0.3) is 0 Å². The molecule has 1 aromatic heterocycles. The lowest BCUT2D eigenvalue weighted by Crippen LogP contribution is -2.36. The van der Waals surface area contributed by atoms with Gasteiger partial charge in [-0.15, -0.1) is 24.0 Å². The predicted octanol–water partition coefficient (Wildman–Crippen LogP) is 3.97. The Bertz CT molecular complexity index is 652. The van der Waals surface area contributed by atoms with E-state index < -0.39 is 0 Å². The average molecular weight is 491 g/mol. The molecule has 0 radical (unpaired) electrons. The molecule has 0 unspecified atom stereocenters. The normalized spacial score (nSPS) is 11.0. The molecule has 126 valence electrons. The number of halogens is 2. The van der Waals surface area contributed by atoms with E-state index in [-0.39, 0.29) is 24.0 Å². The molecule has 4 nitrogen and oxygen atoms in total. The number of rotatable bonds is 5. The van der Waals surface area contributed by atoms with Gasteiger partial charge in [-0.05, 0) is 48.7 Å². The molecule has 0 aliphatic heterocycles. The van der Waals surface area contributed by atoms with Crippen molar-refractivity contribution in [2.24, 2.45) is 12.0 Å². The maximum Gasteiger partial charge on any atom is 0.191 e. The van der Waals surface area contributed by atoms with Crippen LogP contribution in [0.25, 0.3) is 0 Å². The lowest BCUT2D eigenvalue weighted by molar-refractivity contribution is 0.812. The highest BCUT2D eigenvalue weighted by Gasteiger charge is 2.02. The van der Waals surface area contributed by atoms with Crippen LogP contribution in [0.4, 0.5) is 0 Å². The molecule has 0 aliphatic carbocycles. The average Bonchev–Trinajstić information content (AvgIpc) is 2.89. The molecular weight excluding hydrogens is 467 g/mol. The van der Waals surface area contributed by atoms with Crippen molar-refractivity contribution in [3.63, 3.8) is 0 Å². The Morgan fingerprint density at radius 1 is 1.26 bits per heavy atom. The van der Waals surface area contributed by atoms with E-state index in [9.17, 15) is 0 Å². The molecule has 0 aliphatic rings. The fourth-order valence-corrected chi connectivity index (χ4v) is 2.68. The van der Waals surface area contributed by atoms with Gasteiger partial charge < -0.3 is 15.2 Å². The molecular formula is C17H24BrIN4. The van der Waals surface area contributed by atoms with E-state index >= 15 is 0 Å². The minimum Gasteiger partial charge on any atom is -0.357 e. The van der Waals surface area contributed by atoms with E-state index in [0.29, 0.717) is 6.54 Å². The summed E-state index contributed by atoms with van der Waals surface area (Å²) in [6.45, 7) is 6.48. The van der Waals surface area contributed by atoms with Gasteiger partial charge in [-0.2, -0.15) is 0 Å². The summed E-state index contributed by atoms with van der Waals surface area (Å²) in [4.78, 5) is 4.63. The van der Waals surface area contributed by atoms with Crippen LogP contribution >= 0.6 is 39.9 Å². The summed E-state index contributed by atoms with van der Waals surface area (Å²) in [6, 6.07) is 8.42. The molecule has 23 heavy (non-hydrogen) atoms. The standard InChI is InChI=1S/C17H23BrN4.HI/c1-4-19-17(20-10-14-7-8-22(3)12-14)21-11-15-5-6-16(18)9-13(15)2;/h5-9,12H,4,10-11H2,1-3H3,(H2,19,20,21);1H. The fraction of sp³-hybridized carbons (Fsp3) is 0.353. The zero-order chi connectivity index (χ0) is 15.9. The summed E-state index contributed by atoms with van der Waals surface area (Å²) in [5.41, 5.74) is 3.74. The number of nitrogens with one attached hydrogen (secondary N) is 2. The Morgan fingerprint density at radius 2 is 2.04 bits per heavy atom. The van der Waals surface area contributed by atoms with Gasteiger partial charge >= 0.3 is 0 Å². The zero-order valence-electron chi connectivity index (χ0n) is 13.8. The molecule has 0 fully saturated rings. The number of benzene rings is 1. The maximum absolute atomic E-state index is 4.63. The SMILES string of the molecule is CCNC(=NCc1ccn(C)c1)NCc1ccc(Br)cc1C.I. The summed E-state index contributed by atoms with van der Waals surface area (Å²) < 4.78 is 3.15. The third-order valence-corrected chi connectivity index (χ3v) is 3.90. The van der Waals surface area contributed by atoms with E-state index in [1.807, 2.05) is 17.8 Å². The molecule has 2 aromatic rings. The molecule has 0 saturated heterocycles. The summed E-state index contributed by atoms with van der Waals surface area (Å²) in [7, 11) is 2.02. The first kappa shape index (κ1) is 20.0. The van der Waals surface area contributed by atoms with E-state index in [2.05, 4.69) is 75.9 Å². The Labute approximate surface area is 163 Å². The van der Waals surface area contributed by atoms with Crippen molar-refractivity contribution in [2.75, 3.05) is 6.54 Å². The molecule has 0 spiro atoms. The van der Waals surface area contributed by atoms with Crippen molar-refractivity contribution in [2.45, 2.75) is 26.9 Å². The second-order valence-corrected chi connectivity index (χ2v) is 6.22. The largest absolute Gasteiger partial charge is 0.357 e. The second-order valence-electron chi connectivity index (χ2n) is 5.30. The molecule has 2 rings (SSSR count). The summed E-state index contributed by atoms with van der Waals surface area (Å²) in [6.07, 6.45) is 4.13. The number of aliphatic imine (C=N–C) groups is 1. The Balaban J connectivity index is 0.00000264. The molecule has 0 atom stereocenters. The van der Waals surface area contributed by atoms with Crippen molar-refractivity contribution >= 4 is 45.9 Å². The van der Waals surface area contributed by atoms with Crippen molar-refractivity contribution < 1.29 is 0 Å². The maximum atomic E-state index is 4.63. The highest BCUT2D eigenvalue weighted by Crippen LogP contribution is 2.15. The van der Waals surface area contributed by atoms with Crippen LogP contribution < -0.4 is 10.6 Å². The number of hydrogen-bond acceptors (Lipinski definition) is 1. The number of guanidine groups is 1. The van der Waals surface area contributed by atoms with Gasteiger partial charge in [0, 0.05) is 37.0 Å². The van der Waals surface area contributed by atoms with Crippen LogP contribution in [0.1, 0.15) is 23.6 Å². The lowest BCUT2D eigenvalue weighted by Gasteiger charge is -2.13. The Morgan fingerprint density at radius 3 is 2.65 bits per heavy atom. The highest BCUT2D eigenvalue weighted by molar-refractivity contribution is 14.0. The number of nitrogens with zero attached hydrogens (tertiary/aromatic N) is 2. The highest BCUT2D eigenvalue weighted by atomic mass is 127. The zero-order valence-corrected chi connectivity index (χ0v) is 17.7. The van der Waals surface area contributed by atoms with Gasteiger partial charge in [0.05, 0.1) is 6.54 Å². The van der Waals surface area contributed by atoms with Crippen LogP contribution in [0.3, 0.4) is 0 Å². The minimum atomic E-state index is 0. The first-order chi connectivity index (χ1) is 10.6. The van der Waals surface area contributed by atoms with Gasteiger partial charge in [0.15, 0.2) is 5.96 Å². The molecule has 2 N–H and O–H groups in total. The summed E-state index contributed by atoms with van der Waals surface area (Å²) in [5, 5.41) is 6.67. The quantitative estimate of drug-likeness (QED) is 0.378. The van der Waals surface area contributed by atoms with Crippen LogP contribution in [0.15, 0.2) is 46.1 Å². The first-order valence-corrected chi connectivity index (χ1v) is 8.26. The molecule has 0 bridgehead atoms. The van der Waals surface area contributed by atoms with E-state index in [1.54, 1.807) is 0 Å². The third-order valence-electron chi connectivity index (χ3n) is 3.41. The Kier molecular flexibility index (Phi) is 8.68. The fourth-order valence-electron chi connectivity index (χ4n) is 2.20. The van der Waals surface area contributed by atoms with Crippen LogP contribution in [0.5, 0.6) is 0 Å². The second kappa shape index (κ2) is 9.97. The molecule has 0 amide bonds. The topological polar surface area (TPSA) is 41.4 Å². The number of aromatic nitrogens is 1. The van der Waals surface area contributed by atoms with Crippen molar-refractivity contribution in [1.29, 1.82) is 0 Å². The van der Waals surface area contributed by atoms with Gasteiger partial charge in [0.1, 0.15) is 0 Å². The lowest BCUT2D eigenvalue weighted by atomic mass is 10.1. The summed E-state index contributed by atoms with van der Waals surface area (Å²) in [5.74, 6) is 0.841. The summed E-state index contributed by atoms with van der Waals surface area (Å²) >= 11 is 3.50. The Hall–Kier alpha value is -1.02. The smallest absolute Gasteiger partial charge is 0.191 e. The van der Waals surface area contributed by atoms with Crippen LogP contribution in [0.2, 0.25) is 0 Å². The van der Waals surface area contributed by atoms with Crippen molar-refractivity contribution in [3.05, 3.63) is 57.8 Å². The van der Waals surface area contributed by atoms with Gasteiger partial charge in [-0.3, -0.25) is 0 Å². The van der Waals surface area contributed by atoms with Gasteiger partial charge in [-0.1, -0.05) is 22.0 Å². The number of hydrogen-bond donors (Lipinski definition) is 2. The molecule has 1 aromatic carbocycles. The van der Waals surface area contributed by atoms with Crippen LogP contribution in [-0.2, 0) is 20.1 Å². The predicted molar refractivity (Wildman–Crippen MR) is 111 cm³/mol. The molecule has 1 heterocycles. The van der Waals surface area contributed by atoms with Crippen LogP contribution in [0, 0.1) is 6.92 Å². The van der Waals surface area contributed by atoms with Crippen molar-refractivity contribution in [3.8, 4) is 0 Å². The van der Waals surface area contributed by atoms with E-state index in [1.165, 1.54) is 16.7 Å². The molecule has 6 heteroatoms. The van der Waals surface area contributed by atoms with Crippen molar-refractivity contribution in [1.82, 2.24) is 15.2 Å². The monoisotopic (exact) mass is 490 g/mol.